The van der Waals surface area contributed by atoms with Gasteiger partial charge in [0.05, 0.1) is 13.2 Å². The van der Waals surface area contributed by atoms with Crippen molar-refractivity contribution in [2.75, 3.05) is 13.7 Å². The second-order valence-corrected chi connectivity index (χ2v) is 5.63. The highest BCUT2D eigenvalue weighted by atomic mass is 16.5. The van der Waals surface area contributed by atoms with E-state index in [0.29, 0.717) is 11.5 Å². The Hall–Kier alpha value is -2.67. The van der Waals surface area contributed by atoms with Crippen LogP contribution in [-0.2, 0) is 16.1 Å². The lowest BCUT2D eigenvalue weighted by atomic mass is 10.0. The number of benzene rings is 1. The van der Waals surface area contributed by atoms with Crippen molar-refractivity contribution in [2.24, 2.45) is 0 Å². The summed E-state index contributed by atoms with van der Waals surface area (Å²) in [6, 6.07) is 10.8. The number of urea groups is 1. The molecule has 0 aliphatic carbocycles. The maximum atomic E-state index is 12.4. The molecule has 1 fully saturated rings. The third-order valence-corrected chi connectivity index (χ3v) is 3.72. The second kappa shape index (κ2) is 5.85. The molecule has 0 radical (unpaired) electrons. The van der Waals surface area contributed by atoms with Crippen LogP contribution >= 0.6 is 0 Å². The molecule has 1 aliphatic heterocycles. The molecular weight excluding hydrogens is 298 g/mol. The maximum Gasteiger partial charge on any atom is 0.325 e. The fourth-order valence-electron chi connectivity index (χ4n) is 2.57. The molecule has 1 aliphatic rings. The van der Waals surface area contributed by atoms with Crippen molar-refractivity contribution in [2.45, 2.75) is 19.0 Å². The Balaban J connectivity index is 1.77. The van der Waals surface area contributed by atoms with Crippen molar-refractivity contribution < 1.29 is 18.8 Å². The van der Waals surface area contributed by atoms with Crippen LogP contribution in [0.1, 0.15) is 12.7 Å². The number of methoxy groups -OCH3 is 1. The lowest BCUT2D eigenvalue weighted by Crippen LogP contribution is -2.47. The van der Waals surface area contributed by atoms with E-state index < -0.39 is 11.6 Å². The SMILES string of the molecule is COCC1(C)NC(=O)N(Cc2cc(-c3ccccc3)no2)C1=O. The molecule has 1 aromatic carbocycles. The van der Waals surface area contributed by atoms with Gasteiger partial charge >= 0.3 is 6.03 Å². The van der Waals surface area contributed by atoms with Crippen LogP contribution in [0.2, 0.25) is 0 Å². The van der Waals surface area contributed by atoms with E-state index in [1.807, 2.05) is 30.3 Å². The van der Waals surface area contributed by atoms with Crippen LogP contribution in [0, 0.1) is 0 Å². The molecule has 1 aromatic heterocycles. The minimum absolute atomic E-state index is 0.0316. The van der Waals surface area contributed by atoms with Gasteiger partial charge in [-0.1, -0.05) is 35.5 Å². The Morgan fingerprint density at radius 2 is 2.04 bits per heavy atom. The Labute approximate surface area is 133 Å². The first-order valence-corrected chi connectivity index (χ1v) is 7.17. The molecule has 2 aromatic rings. The number of rotatable bonds is 5. The number of nitrogens with one attached hydrogen (secondary N) is 1. The van der Waals surface area contributed by atoms with Gasteiger partial charge in [-0.2, -0.15) is 0 Å². The van der Waals surface area contributed by atoms with Gasteiger partial charge in [0.1, 0.15) is 11.2 Å². The monoisotopic (exact) mass is 315 g/mol. The molecule has 0 bridgehead atoms. The molecule has 3 rings (SSSR count). The molecule has 1 atom stereocenters. The maximum absolute atomic E-state index is 12.4. The first-order valence-electron chi connectivity index (χ1n) is 7.17. The third kappa shape index (κ3) is 2.83. The van der Waals surface area contributed by atoms with Gasteiger partial charge in [0.2, 0.25) is 0 Å². The standard InChI is InChI=1S/C16H17N3O4/c1-16(10-22-2)14(20)19(15(21)17-16)9-12-8-13(18-23-12)11-6-4-3-5-7-11/h3-8H,9-10H2,1-2H3,(H,17,21). The Kier molecular flexibility index (Phi) is 3.87. The van der Waals surface area contributed by atoms with Gasteiger partial charge in [0.25, 0.3) is 5.91 Å². The zero-order valence-electron chi connectivity index (χ0n) is 12.9. The third-order valence-electron chi connectivity index (χ3n) is 3.72. The van der Waals surface area contributed by atoms with Crippen LogP contribution in [0.15, 0.2) is 40.9 Å². The highest BCUT2D eigenvalue weighted by molar-refractivity contribution is 6.06. The summed E-state index contributed by atoms with van der Waals surface area (Å²) in [5.41, 5.74) is 0.518. The molecule has 7 nitrogen and oxygen atoms in total. The van der Waals surface area contributed by atoms with Crippen LogP contribution in [-0.4, -0.2) is 41.3 Å². The average Bonchev–Trinajstić information content (AvgIpc) is 3.08. The topological polar surface area (TPSA) is 84.7 Å². The number of carbonyl (C=O) groups is 2. The molecule has 120 valence electrons. The molecule has 2 heterocycles. The van der Waals surface area contributed by atoms with Crippen molar-refractivity contribution in [1.29, 1.82) is 0 Å². The molecule has 1 saturated heterocycles. The van der Waals surface area contributed by atoms with Gasteiger partial charge in [-0.25, -0.2) is 4.79 Å². The number of aromatic nitrogens is 1. The van der Waals surface area contributed by atoms with E-state index in [2.05, 4.69) is 10.5 Å². The minimum atomic E-state index is -1.05. The largest absolute Gasteiger partial charge is 0.382 e. The number of ether oxygens (including phenoxy) is 1. The molecule has 0 saturated carbocycles. The van der Waals surface area contributed by atoms with Crippen LogP contribution in [0.5, 0.6) is 0 Å². The van der Waals surface area contributed by atoms with E-state index >= 15 is 0 Å². The molecule has 1 unspecified atom stereocenters. The summed E-state index contributed by atoms with van der Waals surface area (Å²) in [6.07, 6.45) is 0. The molecule has 7 heteroatoms. The van der Waals surface area contributed by atoms with Crippen LogP contribution in [0.25, 0.3) is 11.3 Å². The van der Waals surface area contributed by atoms with E-state index in [1.54, 1.807) is 13.0 Å². The Morgan fingerprint density at radius 3 is 2.74 bits per heavy atom. The highest BCUT2D eigenvalue weighted by Gasteiger charge is 2.48. The Morgan fingerprint density at radius 1 is 1.30 bits per heavy atom. The number of carbonyl (C=O) groups excluding carboxylic acids is 2. The summed E-state index contributed by atoms with van der Waals surface area (Å²) >= 11 is 0. The predicted molar refractivity (Wildman–Crippen MR) is 81.3 cm³/mol. The summed E-state index contributed by atoms with van der Waals surface area (Å²) < 4.78 is 10.3. The van der Waals surface area contributed by atoms with Gasteiger partial charge in [0.15, 0.2) is 5.76 Å². The number of hydrogen-bond donors (Lipinski definition) is 1. The van der Waals surface area contributed by atoms with Crippen molar-refractivity contribution in [3.63, 3.8) is 0 Å². The molecule has 0 spiro atoms. The molecular formula is C16H17N3O4. The summed E-state index contributed by atoms with van der Waals surface area (Å²) in [7, 11) is 1.48. The summed E-state index contributed by atoms with van der Waals surface area (Å²) in [5, 5.41) is 6.62. The lowest BCUT2D eigenvalue weighted by molar-refractivity contribution is -0.133. The van der Waals surface area contributed by atoms with E-state index in [0.717, 1.165) is 10.5 Å². The van der Waals surface area contributed by atoms with Crippen LogP contribution in [0.3, 0.4) is 0 Å². The quantitative estimate of drug-likeness (QED) is 0.850. The van der Waals surface area contributed by atoms with Gasteiger partial charge < -0.3 is 14.6 Å². The minimum Gasteiger partial charge on any atom is -0.382 e. The number of imide groups is 1. The lowest BCUT2D eigenvalue weighted by Gasteiger charge is -2.19. The number of amides is 3. The van der Waals surface area contributed by atoms with Crippen LogP contribution in [0.4, 0.5) is 4.79 Å². The van der Waals surface area contributed by atoms with Crippen molar-refractivity contribution in [1.82, 2.24) is 15.4 Å². The van der Waals surface area contributed by atoms with Crippen LogP contribution < -0.4 is 5.32 Å². The fraction of sp³-hybridized carbons (Fsp3) is 0.312. The summed E-state index contributed by atoms with van der Waals surface area (Å²) in [4.78, 5) is 25.5. The number of hydrogen-bond acceptors (Lipinski definition) is 5. The van der Waals surface area contributed by atoms with Gasteiger partial charge in [-0.05, 0) is 6.92 Å². The summed E-state index contributed by atoms with van der Waals surface area (Å²) in [6.45, 7) is 1.77. The molecule has 1 N–H and O–H groups in total. The highest BCUT2D eigenvalue weighted by Crippen LogP contribution is 2.23. The smallest absolute Gasteiger partial charge is 0.325 e. The van der Waals surface area contributed by atoms with E-state index in [9.17, 15) is 9.59 Å². The van der Waals surface area contributed by atoms with Gasteiger partial charge in [-0.15, -0.1) is 0 Å². The fourth-order valence-corrected chi connectivity index (χ4v) is 2.57. The Bertz CT molecular complexity index is 728. The zero-order valence-corrected chi connectivity index (χ0v) is 12.9. The normalized spacial score (nSPS) is 20.9. The van der Waals surface area contributed by atoms with E-state index in [1.165, 1.54) is 7.11 Å². The van der Waals surface area contributed by atoms with Crippen molar-refractivity contribution in [3.05, 3.63) is 42.2 Å². The zero-order chi connectivity index (χ0) is 16.4. The molecule has 3 amide bonds. The molecule has 23 heavy (non-hydrogen) atoms. The van der Waals surface area contributed by atoms with Gasteiger partial charge in [0, 0.05) is 18.7 Å². The van der Waals surface area contributed by atoms with Crippen molar-refractivity contribution >= 4 is 11.9 Å². The predicted octanol–water partition coefficient (Wildman–Crippen LogP) is 1.80. The van der Waals surface area contributed by atoms with E-state index in [4.69, 9.17) is 9.26 Å². The number of nitrogens with zero attached hydrogens (tertiary/aromatic N) is 2. The average molecular weight is 315 g/mol. The van der Waals surface area contributed by atoms with Gasteiger partial charge in [-0.3, -0.25) is 9.69 Å². The summed E-state index contributed by atoms with van der Waals surface area (Å²) in [5.74, 6) is 0.0935. The van der Waals surface area contributed by atoms with Crippen molar-refractivity contribution in [3.8, 4) is 11.3 Å². The van der Waals surface area contributed by atoms with E-state index in [-0.39, 0.29) is 19.1 Å². The second-order valence-electron chi connectivity index (χ2n) is 5.63. The first-order chi connectivity index (χ1) is 11.0. The first kappa shape index (κ1) is 15.2.